The molecule has 0 fully saturated rings. The summed E-state index contributed by atoms with van der Waals surface area (Å²) in [5, 5.41) is 0. The summed E-state index contributed by atoms with van der Waals surface area (Å²) in [4.78, 5) is 12.0. The molecule has 0 N–H and O–H groups in total. The summed E-state index contributed by atoms with van der Waals surface area (Å²) in [5.74, 6) is -0.189. The smallest absolute Gasteiger partial charge is 0.338 e. The van der Waals surface area contributed by atoms with Gasteiger partial charge in [0.15, 0.2) is 0 Å². The molecule has 1 rings (SSSR count). The zero-order valence-corrected chi connectivity index (χ0v) is 12.4. The van der Waals surface area contributed by atoms with Crippen LogP contribution in [0.2, 0.25) is 0 Å². The van der Waals surface area contributed by atoms with Crippen LogP contribution in [0.5, 0.6) is 0 Å². The van der Waals surface area contributed by atoms with Gasteiger partial charge in [-0.05, 0) is 37.0 Å². The summed E-state index contributed by atoms with van der Waals surface area (Å²) >= 11 is 0. The number of rotatable bonds is 8. The summed E-state index contributed by atoms with van der Waals surface area (Å²) in [6.07, 6.45) is 6.35. The van der Waals surface area contributed by atoms with Crippen molar-refractivity contribution in [2.45, 2.75) is 65.4 Å². The molecular weight excluding hydrogens is 236 g/mol. The van der Waals surface area contributed by atoms with E-state index in [1.807, 2.05) is 24.3 Å². The molecule has 0 saturated carbocycles. The predicted molar refractivity (Wildman–Crippen MR) is 79.5 cm³/mol. The van der Waals surface area contributed by atoms with E-state index < -0.39 is 0 Å². The van der Waals surface area contributed by atoms with E-state index in [2.05, 4.69) is 20.8 Å². The van der Waals surface area contributed by atoms with Crippen molar-refractivity contribution in [3.63, 3.8) is 0 Å². The summed E-state index contributed by atoms with van der Waals surface area (Å²) in [5.41, 5.74) is 1.94. The molecule has 1 aromatic rings. The van der Waals surface area contributed by atoms with Crippen LogP contribution in [0.25, 0.3) is 0 Å². The van der Waals surface area contributed by atoms with Crippen LogP contribution in [0.3, 0.4) is 0 Å². The standard InChI is InChI=1S/C17H26O2/c1-4-7-9-16(6-3)19-17(18)15-12-10-14(8-5-2)11-13-15/h10-13,16H,4-9H2,1-3H3. The highest BCUT2D eigenvalue weighted by Crippen LogP contribution is 2.13. The number of esters is 1. The van der Waals surface area contributed by atoms with Crippen molar-refractivity contribution in [3.05, 3.63) is 35.4 Å². The van der Waals surface area contributed by atoms with Gasteiger partial charge in [0.2, 0.25) is 0 Å². The average Bonchev–Trinajstić information content (AvgIpc) is 2.44. The minimum absolute atomic E-state index is 0.0581. The van der Waals surface area contributed by atoms with E-state index in [-0.39, 0.29) is 12.1 Å². The Morgan fingerprint density at radius 2 is 1.79 bits per heavy atom. The Bertz CT molecular complexity index is 367. The quantitative estimate of drug-likeness (QED) is 0.631. The van der Waals surface area contributed by atoms with Crippen LogP contribution >= 0.6 is 0 Å². The maximum absolute atomic E-state index is 12.0. The maximum Gasteiger partial charge on any atom is 0.338 e. The van der Waals surface area contributed by atoms with Crippen LogP contribution in [-0.4, -0.2) is 12.1 Å². The van der Waals surface area contributed by atoms with Crippen LogP contribution in [0, 0.1) is 0 Å². The number of aryl methyl sites for hydroxylation is 1. The van der Waals surface area contributed by atoms with Crippen molar-refractivity contribution in [2.75, 3.05) is 0 Å². The molecular formula is C17H26O2. The molecule has 2 nitrogen and oxygen atoms in total. The lowest BCUT2D eigenvalue weighted by molar-refractivity contribution is 0.0268. The van der Waals surface area contributed by atoms with Gasteiger partial charge in [-0.3, -0.25) is 0 Å². The molecule has 2 heteroatoms. The third-order valence-corrected chi connectivity index (χ3v) is 3.34. The fourth-order valence-electron chi connectivity index (χ4n) is 2.09. The molecule has 0 aliphatic rings. The minimum atomic E-state index is -0.189. The van der Waals surface area contributed by atoms with Gasteiger partial charge in [-0.25, -0.2) is 4.79 Å². The van der Waals surface area contributed by atoms with Gasteiger partial charge < -0.3 is 4.74 Å². The van der Waals surface area contributed by atoms with Crippen LogP contribution in [0.1, 0.15) is 68.8 Å². The number of unbranched alkanes of at least 4 members (excludes halogenated alkanes) is 1. The number of hydrogen-bond donors (Lipinski definition) is 0. The monoisotopic (exact) mass is 262 g/mol. The molecule has 1 aromatic carbocycles. The minimum Gasteiger partial charge on any atom is -0.459 e. The Morgan fingerprint density at radius 1 is 1.11 bits per heavy atom. The number of benzene rings is 1. The van der Waals surface area contributed by atoms with Gasteiger partial charge in [0.25, 0.3) is 0 Å². The number of ether oxygens (including phenoxy) is 1. The molecule has 19 heavy (non-hydrogen) atoms. The Balaban J connectivity index is 2.56. The first-order valence-corrected chi connectivity index (χ1v) is 7.51. The summed E-state index contributed by atoms with van der Waals surface area (Å²) in [7, 11) is 0. The van der Waals surface area contributed by atoms with Gasteiger partial charge in [0.1, 0.15) is 6.10 Å². The van der Waals surface area contributed by atoms with E-state index in [0.29, 0.717) is 5.56 Å². The Morgan fingerprint density at radius 3 is 2.32 bits per heavy atom. The second-order valence-electron chi connectivity index (χ2n) is 5.02. The molecule has 106 valence electrons. The first-order valence-electron chi connectivity index (χ1n) is 7.51. The average molecular weight is 262 g/mol. The fraction of sp³-hybridized carbons (Fsp3) is 0.588. The SMILES string of the molecule is CCCCC(CC)OC(=O)c1ccc(CCC)cc1. The van der Waals surface area contributed by atoms with Crippen molar-refractivity contribution in [1.82, 2.24) is 0 Å². The highest BCUT2D eigenvalue weighted by atomic mass is 16.5. The van der Waals surface area contributed by atoms with Crippen LogP contribution in [0.15, 0.2) is 24.3 Å². The normalized spacial score (nSPS) is 12.2. The predicted octanol–water partition coefficient (Wildman–Crippen LogP) is 4.76. The largest absolute Gasteiger partial charge is 0.459 e. The van der Waals surface area contributed by atoms with Crippen molar-refractivity contribution in [3.8, 4) is 0 Å². The topological polar surface area (TPSA) is 26.3 Å². The van der Waals surface area contributed by atoms with E-state index in [0.717, 1.165) is 38.5 Å². The Labute approximate surface area is 117 Å². The number of hydrogen-bond acceptors (Lipinski definition) is 2. The van der Waals surface area contributed by atoms with Crippen LogP contribution in [0.4, 0.5) is 0 Å². The van der Waals surface area contributed by atoms with Crippen molar-refractivity contribution >= 4 is 5.97 Å². The third-order valence-electron chi connectivity index (χ3n) is 3.34. The van der Waals surface area contributed by atoms with Gasteiger partial charge in [-0.2, -0.15) is 0 Å². The van der Waals surface area contributed by atoms with Crippen LogP contribution in [-0.2, 0) is 11.2 Å². The first kappa shape index (κ1) is 15.7. The molecule has 0 aliphatic carbocycles. The molecule has 0 saturated heterocycles. The fourth-order valence-corrected chi connectivity index (χ4v) is 2.09. The van der Waals surface area contributed by atoms with E-state index in [4.69, 9.17) is 4.74 Å². The summed E-state index contributed by atoms with van der Waals surface area (Å²) in [6.45, 7) is 6.38. The molecule has 0 aromatic heterocycles. The summed E-state index contributed by atoms with van der Waals surface area (Å²) in [6, 6.07) is 7.79. The van der Waals surface area contributed by atoms with Crippen molar-refractivity contribution < 1.29 is 9.53 Å². The highest BCUT2D eigenvalue weighted by molar-refractivity contribution is 5.89. The van der Waals surface area contributed by atoms with Crippen LogP contribution < -0.4 is 0 Å². The van der Waals surface area contributed by atoms with Crippen molar-refractivity contribution in [2.24, 2.45) is 0 Å². The Hall–Kier alpha value is -1.31. The summed E-state index contributed by atoms with van der Waals surface area (Å²) < 4.78 is 5.55. The number of carbonyl (C=O) groups excluding carboxylic acids is 1. The molecule has 1 unspecified atom stereocenters. The number of carbonyl (C=O) groups is 1. The molecule has 0 spiro atoms. The second kappa shape index (κ2) is 8.73. The maximum atomic E-state index is 12.0. The zero-order valence-electron chi connectivity index (χ0n) is 12.4. The van der Waals surface area contributed by atoms with Gasteiger partial charge in [0, 0.05) is 0 Å². The lowest BCUT2D eigenvalue weighted by Crippen LogP contribution is -2.17. The molecule has 0 aliphatic heterocycles. The lowest BCUT2D eigenvalue weighted by atomic mass is 10.1. The highest BCUT2D eigenvalue weighted by Gasteiger charge is 2.13. The van der Waals surface area contributed by atoms with Gasteiger partial charge in [-0.15, -0.1) is 0 Å². The van der Waals surface area contributed by atoms with Gasteiger partial charge in [-0.1, -0.05) is 52.2 Å². The van der Waals surface area contributed by atoms with E-state index in [1.54, 1.807) is 0 Å². The van der Waals surface area contributed by atoms with Gasteiger partial charge in [0.05, 0.1) is 5.56 Å². The molecule has 1 atom stereocenters. The third kappa shape index (κ3) is 5.46. The van der Waals surface area contributed by atoms with Crippen molar-refractivity contribution in [1.29, 1.82) is 0 Å². The second-order valence-corrected chi connectivity index (χ2v) is 5.02. The molecule has 0 amide bonds. The molecule has 0 bridgehead atoms. The molecule has 0 radical (unpaired) electrons. The van der Waals surface area contributed by atoms with E-state index >= 15 is 0 Å². The van der Waals surface area contributed by atoms with Gasteiger partial charge >= 0.3 is 5.97 Å². The lowest BCUT2D eigenvalue weighted by Gasteiger charge is -2.15. The van der Waals surface area contributed by atoms with E-state index in [9.17, 15) is 4.79 Å². The zero-order chi connectivity index (χ0) is 14.1. The Kier molecular flexibility index (Phi) is 7.24. The molecule has 0 heterocycles. The first-order chi connectivity index (χ1) is 9.21. The van der Waals surface area contributed by atoms with E-state index in [1.165, 1.54) is 5.56 Å².